The number of anilines is 2. The SMILES string of the molecule is O=S(=O)(NC1COC1)c1ccc2c(c1)c(Nc1ccc(F)c(C(F)(F)F)c1)nn2C1CC1. The van der Waals surface area contributed by atoms with Gasteiger partial charge in [0.1, 0.15) is 5.82 Å². The third-order valence-corrected chi connectivity index (χ3v) is 6.89. The van der Waals surface area contributed by atoms with Crippen molar-refractivity contribution in [3.63, 3.8) is 0 Å². The first-order valence-electron chi connectivity index (χ1n) is 9.88. The lowest BCUT2D eigenvalue weighted by Gasteiger charge is -2.26. The maximum absolute atomic E-state index is 13.6. The second-order valence-corrected chi connectivity index (χ2v) is 9.59. The molecule has 1 aliphatic heterocycles. The molecule has 2 aromatic carbocycles. The molecule has 5 rings (SSSR count). The number of sulfonamides is 1. The van der Waals surface area contributed by atoms with Crippen molar-refractivity contribution in [2.45, 2.75) is 36.0 Å². The van der Waals surface area contributed by atoms with Gasteiger partial charge in [-0.2, -0.15) is 18.3 Å². The van der Waals surface area contributed by atoms with Crippen LogP contribution in [0.4, 0.5) is 29.1 Å². The van der Waals surface area contributed by atoms with Crippen LogP contribution in [0, 0.1) is 5.82 Å². The molecular formula is C20H18F4N4O3S. The van der Waals surface area contributed by atoms with Gasteiger partial charge in [0.15, 0.2) is 5.82 Å². The van der Waals surface area contributed by atoms with Crippen LogP contribution in [0.3, 0.4) is 0 Å². The van der Waals surface area contributed by atoms with E-state index in [4.69, 9.17) is 4.74 Å². The van der Waals surface area contributed by atoms with Gasteiger partial charge in [0.25, 0.3) is 0 Å². The lowest BCUT2D eigenvalue weighted by Crippen LogP contribution is -2.48. The van der Waals surface area contributed by atoms with Gasteiger partial charge in [0.05, 0.1) is 41.3 Å². The number of nitrogens with zero attached hydrogens (tertiary/aromatic N) is 2. The van der Waals surface area contributed by atoms with E-state index in [1.165, 1.54) is 18.2 Å². The van der Waals surface area contributed by atoms with Crippen LogP contribution < -0.4 is 10.0 Å². The summed E-state index contributed by atoms with van der Waals surface area (Å²) in [5.41, 5.74) is -0.762. The van der Waals surface area contributed by atoms with Gasteiger partial charge in [-0.1, -0.05) is 0 Å². The highest BCUT2D eigenvalue weighted by Crippen LogP contribution is 2.40. The predicted octanol–water partition coefficient (Wildman–Crippen LogP) is 3.95. The number of alkyl halides is 3. The molecule has 2 heterocycles. The Morgan fingerprint density at radius 3 is 2.47 bits per heavy atom. The molecule has 170 valence electrons. The summed E-state index contributed by atoms with van der Waals surface area (Å²) in [7, 11) is -3.82. The van der Waals surface area contributed by atoms with Crippen LogP contribution in [-0.2, 0) is 20.9 Å². The summed E-state index contributed by atoms with van der Waals surface area (Å²) in [5, 5.41) is 7.70. The summed E-state index contributed by atoms with van der Waals surface area (Å²) >= 11 is 0. The van der Waals surface area contributed by atoms with Crippen molar-refractivity contribution in [3.05, 3.63) is 47.8 Å². The fourth-order valence-corrected chi connectivity index (χ4v) is 4.76. The first kappa shape index (κ1) is 21.2. The van der Waals surface area contributed by atoms with Crippen molar-refractivity contribution in [1.82, 2.24) is 14.5 Å². The molecular weight excluding hydrogens is 452 g/mol. The third-order valence-electron chi connectivity index (χ3n) is 5.38. The van der Waals surface area contributed by atoms with Crippen LogP contribution in [0.15, 0.2) is 41.3 Å². The molecule has 1 aliphatic carbocycles. The van der Waals surface area contributed by atoms with Crippen molar-refractivity contribution in [2.75, 3.05) is 18.5 Å². The van der Waals surface area contributed by atoms with Gasteiger partial charge in [0.2, 0.25) is 10.0 Å². The highest BCUT2D eigenvalue weighted by molar-refractivity contribution is 7.89. The maximum Gasteiger partial charge on any atom is 0.419 e. The smallest absolute Gasteiger partial charge is 0.378 e. The Morgan fingerprint density at radius 1 is 1.09 bits per heavy atom. The van der Waals surface area contributed by atoms with E-state index in [9.17, 15) is 26.0 Å². The van der Waals surface area contributed by atoms with Gasteiger partial charge in [-0.15, -0.1) is 0 Å². The molecule has 0 unspecified atom stereocenters. The average molecular weight is 470 g/mol. The fourth-order valence-electron chi connectivity index (χ4n) is 3.53. The fraction of sp³-hybridized carbons (Fsp3) is 0.350. The van der Waals surface area contributed by atoms with E-state index in [1.807, 2.05) is 0 Å². The van der Waals surface area contributed by atoms with Crippen LogP contribution >= 0.6 is 0 Å². The van der Waals surface area contributed by atoms with E-state index in [-0.39, 0.29) is 28.5 Å². The van der Waals surface area contributed by atoms with Gasteiger partial charge in [-0.05, 0) is 49.2 Å². The number of aromatic nitrogens is 2. The molecule has 0 bridgehead atoms. The Hall–Kier alpha value is -2.70. The van der Waals surface area contributed by atoms with Crippen LogP contribution in [0.1, 0.15) is 24.4 Å². The molecule has 0 radical (unpaired) electrons. The first-order chi connectivity index (χ1) is 15.1. The maximum atomic E-state index is 13.6. The van der Waals surface area contributed by atoms with Crippen LogP contribution in [-0.4, -0.2) is 37.5 Å². The largest absolute Gasteiger partial charge is 0.419 e. The van der Waals surface area contributed by atoms with Crippen molar-refractivity contribution in [3.8, 4) is 0 Å². The van der Waals surface area contributed by atoms with Crippen molar-refractivity contribution < 1.29 is 30.7 Å². The second kappa shape index (κ2) is 7.42. The van der Waals surface area contributed by atoms with E-state index in [2.05, 4.69) is 15.1 Å². The van der Waals surface area contributed by atoms with E-state index in [0.717, 1.165) is 18.9 Å². The van der Waals surface area contributed by atoms with Gasteiger partial charge < -0.3 is 10.1 Å². The molecule has 0 amide bonds. The van der Waals surface area contributed by atoms with Gasteiger partial charge >= 0.3 is 6.18 Å². The Balaban J connectivity index is 1.55. The molecule has 1 aromatic heterocycles. The Kier molecular flexibility index (Phi) is 4.91. The lowest BCUT2D eigenvalue weighted by molar-refractivity contribution is -0.139. The monoisotopic (exact) mass is 470 g/mol. The summed E-state index contributed by atoms with van der Waals surface area (Å²) in [5.74, 6) is -1.19. The van der Waals surface area contributed by atoms with E-state index in [0.29, 0.717) is 30.2 Å². The molecule has 1 saturated carbocycles. The van der Waals surface area contributed by atoms with Crippen LogP contribution in [0.25, 0.3) is 10.9 Å². The molecule has 2 aliphatic rings. The van der Waals surface area contributed by atoms with Crippen LogP contribution in [0.2, 0.25) is 0 Å². The van der Waals surface area contributed by atoms with E-state index >= 15 is 0 Å². The molecule has 32 heavy (non-hydrogen) atoms. The standard InChI is InChI=1S/C20H18F4N4O3S/c21-17-5-1-11(7-16(17)20(22,23)24)25-19-15-8-14(32(29,30)27-12-9-31-10-12)4-6-18(15)28(26-19)13-2-3-13/h1,4-8,12-13,27H,2-3,9-10H2,(H,25,26). The molecule has 7 nitrogen and oxygen atoms in total. The number of ether oxygens (including phenoxy) is 1. The summed E-state index contributed by atoms with van der Waals surface area (Å²) < 4.78 is 87.6. The molecule has 2 fully saturated rings. The number of benzene rings is 2. The highest BCUT2D eigenvalue weighted by atomic mass is 32.2. The molecule has 3 aromatic rings. The number of hydrogen-bond acceptors (Lipinski definition) is 5. The molecule has 0 spiro atoms. The minimum Gasteiger partial charge on any atom is -0.378 e. The topological polar surface area (TPSA) is 85.2 Å². The number of nitrogens with one attached hydrogen (secondary N) is 2. The number of fused-ring (bicyclic) bond motifs is 1. The van der Waals surface area contributed by atoms with Gasteiger partial charge in [0, 0.05) is 11.1 Å². The normalized spacial score (nSPS) is 17.5. The number of rotatable bonds is 6. The average Bonchev–Trinajstić information content (AvgIpc) is 3.48. The third kappa shape index (κ3) is 3.93. The minimum absolute atomic E-state index is 0.00498. The van der Waals surface area contributed by atoms with E-state index < -0.39 is 27.6 Å². The Bertz CT molecular complexity index is 1300. The predicted molar refractivity (Wildman–Crippen MR) is 108 cm³/mol. The molecule has 0 atom stereocenters. The second-order valence-electron chi connectivity index (χ2n) is 7.88. The van der Waals surface area contributed by atoms with Crippen molar-refractivity contribution in [2.24, 2.45) is 0 Å². The quantitative estimate of drug-likeness (QED) is 0.533. The van der Waals surface area contributed by atoms with Crippen molar-refractivity contribution >= 4 is 32.4 Å². The molecule has 1 saturated heterocycles. The molecule has 2 N–H and O–H groups in total. The zero-order valence-corrected chi connectivity index (χ0v) is 17.3. The van der Waals surface area contributed by atoms with Crippen molar-refractivity contribution in [1.29, 1.82) is 0 Å². The Morgan fingerprint density at radius 2 is 1.84 bits per heavy atom. The number of hydrogen-bond donors (Lipinski definition) is 2. The minimum atomic E-state index is -4.85. The first-order valence-corrected chi connectivity index (χ1v) is 11.4. The lowest BCUT2D eigenvalue weighted by atomic mass is 10.1. The summed E-state index contributed by atoms with van der Waals surface area (Å²) in [6.07, 6.45) is -3.06. The van der Waals surface area contributed by atoms with Gasteiger partial charge in [-0.25, -0.2) is 17.5 Å². The summed E-state index contributed by atoms with van der Waals surface area (Å²) in [6.45, 7) is 0.583. The van der Waals surface area contributed by atoms with E-state index in [1.54, 1.807) is 10.7 Å². The van der Waals surface area contributed by atoms with Gasteiger partial charge in [-0.3, -0.25) is 4.68 Å². The molecule has 12 heteroatoms. The zero-order chi connectivity index (χ0) is 22.7. The summed E-state index contributed by atoms with van der Waals surface area (Å²) in [4.78, 5) is 0.00498. The Labute approximate surface area is 180 Å². The number of halogens is 4. The summed E-state index contributed by atoms with van der Waals surface area (Å²) in [6, 6.07) is 6.92. The van der Waals surface area contributed by atoms with Crippen LogP contribution in [0.5, 0.6) is 0 Å². The highest BCUT2D eigenvalue weighted by Gasteiger charge is 2.34. The zero-order valence-electron chi connectivity index (χ0n) is 16.5.